The van der Waals surface area contributed by atoms with Crippen LogP contribution in [0.1, 0.15) is 36.7 Å². The first-order valence-electron chi connectivity index (χ1n) is 9.10. The van der Waals surface area contributed by atoms with Gasteiger partial charge in [-0.3, -0.25) is 4.90 Å². The fraction of sp³-hybridized carbons (Fsp3) is 0.474. The third-order valence-electron chi connectivity index (χ3n) is 4.82. The zero-order chi connectivity index (χ0) is 18.4. The summed E-state index contributed by atoms with van der Waals surface area (Å²) in [5, 5.41) is 3.81. The molecule has 26 heavy (non-hydrogen) atoms. The molecule has 2 N–H and O–H groups in total. The average molecular weight is 376 g/mol. The largest absolute Gasteiger partial charge is 0.347 e. The van der Waals surface area contributed by atoms with Crippen molar-refractivity contribution in [1.29, 1.82) is 0 Å². The quantitative estimate of drug-likeness (QED) is 0.812. The van der Waals surface area contributed by atoms with Crippen LogP contribution >= 0.6 is 11.6 Å². The van der Waals surface area contributed by atoms with E-state index in [1.54, 1.807) is 24.3 Å². The lowest BCUT2D eigenvalue weighted by Crippen LogP contribution is -2.44. The summed E-state index contributed by atoms with van der Waals surface area (Å²) < 4.78 is 0. The number of benzene rings is 1. The number of imidazole rings is 1. The van der Waals surface area contributed by atoms with Gasteiger partial charge in [0.05, 0.1) is 12.6 Å². The summed E-state index contributed by atoms with van der Waals surface area (Å²) >= 11 is 6.04. The molecular formula is C19H26ClN5O. The fourth-order valence-electron chi connectivity index (χ4n) is 3.37. The Morgan fingerprint density at radius 3 is 2.69 bits per heavy atom. The number of nitrogens with zero attached hydrogens (tertiary/aromatic N) is 3. The van der Waals surface area contributed by atoms with Crippen LogP contribution in [0.4, 0.5) is 4.79 Å². The van der Waals surface area contributed by atoms with Gasteiger partial charge in [-0.15, -0.1) is 0 Å². The van der Waals surface area contributed by atoms with Crippen LogP contribution < -0.4 is 5.32 Å². The summed E-state index contributed by atoms with van der Waals surface area (Å²) in [6, 6.07) is 8.00. The Kier molecular flexibility index (Phi) is 6.52. The van der Waals surface area contributed by atoms with Gasteiger partial charge in [0.25, 0.3) is 0 Å². The molecule has 140 valence electrons. The van der Waals surface area contributed by atoms with Crippen molar-refractivity contribution in [3.63, 3.8) is 0 Å². The molecule has 6 nitrogen and oxygen atoms in total. The summed E-state index contributed by atoms with van der Waals surface area (Å²) in [5.74, 6) is 0.771. The van der Waals surface area contributed by atoms with Crippen LogP contribution in [0.15, 0.2) is 36.7 Å². The lowest BCUT2D eigenvalue weighted by molar-refractivity contribution is 0.156. The van der Waals surface area contributed by atoms with Crippen molar-refractivity contribution in [2.24, 2.45) is 0 Å². The second kappa shape index (κ2) is 9.05. The van der Waals surface area contributed by atoms with E-state index in [0.29, 0.717) is 13.1 Å². The van der Waals surface area contributed by atoms with Crippen LogP contribution in [0.5, 0.6) is 0 Å². The first kappa shape index (κ1) is 18.7. The van der Waals surface area contributed by atoms with Crippen molar-refractivity contribution in [1.82, 2.24) is 25.1 Å². The Balaban J connectivity index is 1.63. The number of hydrogen-bond acceptors (Lipinski definition) is 3. The van der Waals surface area contributed by atoms with Crippen molar-refractivity contribution in [3.8, 4) is 0 Å². The summed E-state index contributed by atoms with van der Waals surface area (Å²) in [6.07, 6.45) is 7.14. The molecule has 0 saturated carbocycles. The van der Waals surface area contributed by atoms with Gasteiger partial charge in [0.2, 0.25) is 0 Å². The molecule has 1 aliphatic rings. The minimum atomic E-state index is -0.0997. The number of urea groups is 1. The van der Waals surface area contributed by atoms with Crippen molar-refractivity contribution < 1.29 is 4.79 Å². The molecule has 1 aromatic heterocycles. The Bertz CT molecular complexity index is 682. The zero-order valence-corrected chi connectivity index (χ0v) is 15.9. The number of piperidine rings is 1. The maximum absolute atomic E-state index is 12.5. The predicted molar refractivity (Wildman–Crippen MR) is 103 cm³/mol. The molecule has 1 fully saturated rings. The number of aromatic amines is 1. The Morgan fingerprint density at radius 1 is 1.31 bits per heavy atom. The number of halogens is 1. The van der Waals surface area contributed by atoms with E-state index in [4.69, 9.17) is 11.6 Å². The number of carbonyl (C=O) groups is 1. The first-order valence-corrected chi connectivity index (χ1v) is 9.48. The van der Waals surface area contributed by atoms with Crippen LogP contribution in [-0.4, -0.2) is 52.5 Å². The molecule has 0 aliphatic carbocycles. The highest BCUT2D eigenvalue weighted by molar-refractivity contribution is 6.30. The number of rotatable bonds is 6. The number of H-pyrrole nitrogens is 1. The fourth-order valence-corrected chi connectivity index (χ4v) is 3.50. The monoisotopic (exact) mass is 375 g/mol. The average Bonchev–Trinajstić information content (AvgIpc) is 3.17. The summed E-state index contributed by atoms with van der Waals surface area (Å²) in [5.41, 5.74) is 1.19. The minimum Gasteiger partial charge on any atom is -0.347 e. The van der Waals surface area contributed by atoms with E-state index in [2.05, 4.69) is 32.3 Å². The SMILES string of the molecule is CN(Cc1ncc[nH]1)C(=O)NC[C@H](c1ccc(Cl)cc1)N1CCCCC1. The number of aromatic nitrogens is 2. The van der Waals surface area contributed by atoms with Crippen molar-refractivity contribution in [2.45, 2.75) is 31.8 Å². The molecule has 0 unspecified atom stereocenters. The number of likely N-dealkylation sites (tertiary alicyclic amines) is 1. The number of carbonyl (C=O) groups excluding carboxylic acids is 1. The van der Waals surface area contributed by atoms with Crippen LogP contribution in [0, 0.1) is 0 Å². The molecule has 1 atom stereocenters. The standard InChI is InChI=1S/C19H26ClN5O/c1-24(14-18-21-9-10-22-18)19(26)23-13-17(25-11-3-2-4-12-25)15-5-7-16(20)8-6-15/h5-10,17H,2-4,11-14H2,1H3,(H,21,22)(H,23,26)/t17-/m1/s1. The van der Waals surface area contributed by atoms with Gasteiger partial charge in [0.1, 0.15) is 5.82 Å². The van der Waals surface area contributed by atoms with E-state index in [9.17, 15) is 4.79 Å². The molecule has 0 radical (unpaired) electrons. The van der Waals surface area contributed by atoms with Gasteiger partial charge in [-0.2, -0.15) is 0 Å². The minimum absolute atomic E-state index is 0.0997. The Morgan fingerprint density at radius 2 is 2.04 bits per heavy atom. The molecule has 1 aromatic carbocycles. The van der Waals surface area contributed by atoms with Crippen LogP contribution in [0.3, 0.4) is 0 Å². The highest BCUT2D eigenvalue weighted by atomic mass is 35.5. The van der Waals surface area contributed by atoms with Crippen molar-refractivity contribution >= 4 is 17.6 Å². The van der Waals surface area contributed by atoms with Gasteiger partial charge < -0.3 is 15.2 Å². The van der Waals surface area contributed by atoms with E-state index in [0.717, 1.165) is 23.9 Å². The topological polar surface area (TPSA) is 64.3 Å². The summed E-state index contributed by atoms with van der Waals surface area (Å²) in [7, 11) is 1.77. The smallest absolute Gasteiger partial charge is 0.317 e. The molecular weight excluding hydrogens is 350 g/mol. The lowest BCUT2D eigenvalue weighted by atomic mass is 10.0. The van der Waals surface area contributed by atoms with E-state index >= 15 is 0 Å². The van der Waals surface area contributed by atoms with Gasteiger partial charge in [0.15, 0.2) is 0 Å². The maximum Gasteiger partial charge on any atom is 0.317 e. The molecule has 1 aliphatic heterocycles. The van der Waals surface area contributed by atoms with Gasteiger partial charge >= 0.3 is 6.03 Å². The van der Waals surface area contributed by atoms with E-state index in [1.807, 2.05) is 12.1 Å². The van der Waals surface area contributed by atoms with E-state index < -0.39 is 0 Å². The number of nitrogens with one attached hydrogen (secondary N) is 2. The highest BCUT2D eigenvalue weighted by Crippen LogP contribution is 2.25. The second-order valence-corrected chi connectivity index (χ2v) is 7.18. The second-order valence-electron chi connectivity index (χ2n) is 6.74. The maximum atomic E-state index is 12.5. The van der Waals surface area contributed by atoms with Crippen LogP contribution in [0.2, 0.25) is 5.02 Å². The van der Waals surface area contributed by atoms with Gasteiger partial charge in [0, 0.05) is 31.0 Å². The summed E-state index contributed by atoms with van der Waals surface area (Å²) in [4.78, 5) is 23.7. The molecule has 2 amide bonds. The van der Waals surface area contributed by atoms with Gasteiger partial charge in [-0.1, -0.05) is 30.2 Å². The number of hydrogen-bond donors (Lipinski definition) is 2. The Labute approximate surface area is 159 Å². The Hall–Kier alpha value is -2.05. The molecule has 3 rings (SSSR count). The first-order chi connectivity index (χ1) is 12.6. The third-order valence-corrected chi connectivity index (χ3v) is 5.07. The molecule has 1 saturated heterocycles. The summed E-state index contributed by atoms with van der Waals surface area (Å²) in [6.45, 7) is 3.15. The molecule has 0 spiro atoms. The van der Waals surface area contributed by atoms with E-state index in [-0.39, 0.29) is 12.1 Å². The molecule has 2 aromatic rings. The van der Waals surface area contributed by atoms with Gasteiger partial charge in [-0.25, -0.2) is 9.78 Å². The van der Waals surface area contributed by atoms with Crippen molar-refractivity contribution in [2.75, 3.05) is 26.7 Å². The highest BCUT2D eigenvalue weighted by Gasteiger charge is 2.23. The van der Waals surface area contributed by atoms with Crippen LogP contribution in [0.25, 0.3) is 0 Å². The third kappa shape index (κ3) is 4.99. The van der Waals surface area contributed by atoms with Gasteiger partial charge in [-0.05, 0) is 43.6 Å². The number of amides is 2. The van der Waals surface area contributed by atoms with Crippen LogP contribution in [-0.2, 0) is 6.54 Å². The van der Waals surface area contributed by atoms with E-state index in [1.165, 1.54) is 24.8 Å². The predicted octanol–water partition coefficient (Wildman–Crippen LogP) is 3.43. The lowest BCUT2D eigenvalue weighted by Gasteiger charge is -2.35. The normalized spacial score (nSPS) is 16.2. The molecule has 2 heterocycles. The van der Waals surface area contributed by atoms with Crippen molar-refractivity contribution in [3.05, 3.63) is 53.1 Å². The zero-order valence-electron chi connectivity index (χ0n) is 15.1. The molecule has 0 bridgehead atoms. The molecule has 7 heteroatoms.